The largest absolute Gasteiger partial charge is 0.497 e. The first-order valence-electron chi connectivity index (χ1n) is 13.5. The van der Waals surface area contributed by atoms with Crippen LogP contribution in [-0.4, -0.2) is 29.3 Å². The molecule has 1 amide bonds. The van der Waals surface area contributed by atoms with Gasteiger partial charge < -0.3 is 14.8 Å². The molecule has 9 heteroatoms. The van der Waals surface area contributed by atoms with Crippen molar-refractivity contribution >= 4 is 32.7 Å². The average Bonchev–Trinajstić information content (AvgIpc) is 3.41. The summed E-state index contributed by atoms with van der Waals surface area (Å²) in [4.78, 5) is 12.9. The van der Waals surface area contributed by atoms with Crippen LogP contribution in [0.25, 0.3) is 10.9 Å². The lowest BCUT2D eigenvalue weighted by molar-refractivity contribution is -0.00562. The Labute approximate surface area is 239 Å². The first-order valence-corrected chi connectivity index (χ1v) is 14.3. The summed E-state index contributed by atoms with van der Waals surface area (Å²) in [6, 6.07) is 15.2. The molecule has 1 aromatic heterocycles. The van der Waals surface area contributed by atoms with Gasteiger partial charge in [0.25, 0.3) is 5.91 Å². The van der Waals surface area contributed by atoms with Gasteiger partial charge in [0.05, 0.1) is 18.2 Å². The van der Waals surface area contributed by atoms with Crippen molar-refractivity contribution in [3.63, 3.8) is 0 Å². The Morgan fingerprint density at radius 2 is 1.68 bits per heavy atom. The van der Waals surface area contributed by atoms with Gasteiger partial charge >= 0.3 is 0 Å². The normalized spacial score (nSPS) is 21.9. The molecule has 0 aliphatic heterocycles. The summed E-state index contributed by atoms with van der Waals surface area (Å²) >= 11 is 3.52. The van der Waals surface area contributed by atoms with Crippen LogP contribution in [0, 0.1) is 17.0 Å². The predicted molar refractivity (Wildman–Crippen MR) is 152 cm³/mol. The predicted octanol–water partition coefficient (Wildman–Crippen LogP) is 7.14. The summed E-state index contributed by atoms with van der Waals surface area (Å²) in [6.07, 6.45) is 8.01. The summed E-state index contributed by atoms with van der Waals surface area (Å²) in [7, 11) is 1.56. The first kappa shape index (κ1) is 26.7. The number of nitrogens with one attached hydrogen (secondary N) is 1. The topological polar surface area (TPSA) is 65.4 Å². The lowest BCUT2D eigenvalue weighted by Crippen LogP contribution is -2.51. The number of nitrogens with zero attached hydrogens (tertiary/aromatic N) is 2. The highest BCUT2D eigenvalue weighted by molar-refractivity contribution is 9.10. The van der Waals surface area contributed by atoms with E-state index in [1.807, 2.05) is 12.1 Å². The van der Waals surface area contributed by atoms with E-state index < -0.39 is 23.3 Å². The minimum Gasteiger partial charge on any atom is -0.497 e. The van der Waals surface area contributed by atoms with Crippen LogP contribution in [0.1, 0.15) is 54.4 Å². The highest BCUT2D eigenvalue weighted by Gasteiger charge is 2.50. The highest BCUT2D eigenvalue weighted by atomic mass is 79.9. The Hall–Kier alpha value is -3.46. The summed E-state index contributed by atoms with van der Waals surface area (Å²) in [5.41, 5.74) is 1.66. The van der Waals surface area contributed by atoms with Gasteiger partial charge in [-0.15, -0.1) is 0 Å². The van der Waals surface area contributed by atoms with Crippen molar-refractivity contribution in [3.05, 3.63) is 88.0 Å². The smallest absolute Gasteiger partial charge is 0.251 e. The van der Waals surface area contributed by atoms with Crippen LogP contribution in [0.15, 0.2) is 65.3 Å². The molecular weight excluding hydrogens is 580 g/mol. The molecule has 3 aliphatic rings. The molecule has 0 unspecified atom stereocenters. The van der Waals surface area contributed by atoms with Gasteiger partial charge in [0, 0.05) is 28.2 Å². The minimum absolute atomic E-state index is 0.00512. The Kier molecular flexibility index (Phi) is 7.02. The Bertz CT molecular complexity index is 1520. The second-order valence-electron chi connectivity index (χ2n) is 11.1. The van der Waals surface area contributed by atoms with Crippen molar-refractivity contribution in [1.29, 1.82) is 0 Å². The van der Waals surface area contributed by atoms with Crippen molar-refractivity contribution in [2.75, 3.05) is 13.7 Å². The number of hydrogen-bond acceptors (Lipinski definition) is 4. The van der Waals surface area contributed by atoms with Gasteiger partial charge in [0.15, 0.2) is 17.4 Å². The fourth-order valence-corrected chi connectivity index (χ4v) is 6.51. The molecule has 3 aliphatic carbocycles. The van der Waals surface area contributed by atoms with E-state index in [0.29, 0.717) is 12.3 Å². The van der Waals surface area contributed by atoms with Crippen molar-refractivity contribution in [1.82, 2.24) is 15.1 Å². The number of aromatic nitrogens is 2. The van der Waals surface area contributed by atoms with Crippen LogP contribution >= 0.6 is 15.9 Å². The molecule has 0 atom stereocenters. The fourth-order valence-electron chi connectivity index (χ4n) is 6.16. The molecule has 0 saturated heterocycles. The SMILES string of the molecule is COc1ccc(COc2c(F)cc(C(=O)NCC34CCC(n5cc6ccc(Br)cc6n5)(CC3)CC4)cc2F)cc1. The van der Waals surface area contributed by atoms with E-state index in [-0.39, 0.29) is 23.1 Å². The average molecular weight is 610 g/mol. The Morgan fingerprint density at radius 3 is 2.33 bits per heavy atom. The molecule has 4 aromatic rings. The summed E-state index contributed by atoms with van der Waals surface area (Å²) in [6.45, 7) is 0.467. The quantitative estimate of drug-likeness (QED) is 0.230. The summed E-state index contributed by atoms with van der Waals surface area (Å²) < 4.78 is 43.2. The highest BCUT2D eigenvalue weighted by Crippen LogP contribution is 2.55. The molecule has 2 bridgehead atoms. The van der Waals surface area contributed by atoms with Gasteiger partial charge in [0.1, 0.15) is 12.4 Å². The van der Waals surface area contributed by atoms with Gasteiger partial charge in [-0.25, -0.2) is 8.78 Å². The Balaban J connectivity index is 1.07. The number of halogens is 3. The fraction of sp³-hybridized carbons (Fsp3) is 0.355. The van der Waals surface area contributed by atoms with Crippen molar-refractivity contribution < 1.29 is 23.0 Å². The lowest BCUT2D eigenvalue weighted by Gasteiger charge is -2.53. The van der Waals surface area contributed by atoms with Crippen LogP contribution in [0.3, 0.4) is 0 Å². The van der Waals surface area contributed by atoms with Gasteiger partial charge in [0.2, 0.25) is 0 Å². The second-order valence-corrected chi connectivity index (χ2v) is 12.0. The number of hydrogen-bond donors (Lipinski definition) is 1. The van der Waals surface area contributed by atoms with Crippen LogP contribution in [-0.2, 0) is 12.1 Å². The second kappa shape index (κ2) is 10.5. The maximum atomic E-state index is 14.8. The van der Waals surface area contributed by atoms with Crippen molar-refractivity contribution in [2.24, 2.45) is 5.41 Å². The molecular formula is C31H30BrF2N3O3. The number of carbonyl (C=O) groups is 1. The molecule has 3 aromatic carbocycles. The molecule has 208 valence electrons. The minimum atomic E-state index is -0.907. The van der Waals surface area contributed by atoms with Crippen LogP contribution in [0.4, 0.5) is 8.78 Å². The summed E-state index contributed by atoms with van der Waals surface area (Å²) in [5, 5.41) is 8.98. The molecule has 40 heavy (non-hydrogen) atoms. The molecule has 7 rings (SSSR count). The van der Waals surface area contributed by atoms with Gasteiger partial charge in [-0.3, -0.25) is 9.48 Å². The zero-order valence-electron chi connectivity index (χ0n) is 22.2. The number of ether oxygens (including phenoxy) is 2. The van der Waals surface area contributed by atoms with E-state index in [1.54, 1.807) is 31.4 Å². The number of carbonyl (C=O) groups excluding carboxylic acids is 1. The van der Waals surface area contributed by atoms with E-state index in [4.69, 9.17) is 14.6 Å². The van der Waals surface area contributed by atoms with Crippen molar-refractivity contribution in [2.45, 2.75) is 50.7 Å². The van der Waals surface area contributed by atoms with Gasteiger partial charge in [-0.2, -0.15) is 5.10 Å². The van der Waals surface area contributed by atoms with E-state index >= 15 is 0 Å². The maximum absolute atomic E-state index is 14.8. The zero-order valence-corrected chi connectivity index (χ0v) is 23.8. The monoisotopic (exact) mass is 609 g/mol. The van der Waals surface area contributed by atoms with Crippen LogP contribution in [0.2, 0.25) is 0 Å². The number of amides is 1. The number of rotatable bonds is 8. The molecule has 6 nitrogen and oxygen atoms in total. The molecule has 3 fully saturated rings. The van der Waals surface area contributed by atoms with Crippen LogP contribution in [0.5, 0.6) is 11.5 Å². The third kappa shape index (κ3) is 5.07. The summed E-state index contributed by atoms with van der Waals surface area (Å²) in [5.74, 6) is -2.12. The first-order chi connectivity index (χ1) is 19.3. The standard InChI is InChI=1S/C31H30BrF2N3O3/c1-39-24-6-2-20(3-7-24)18-40-28-25(33)14-22(15-26(28)34)29(38)35-19-30-8-11-31(12-9-30,13-10-30)37-17-21-4-5-23(32)16-27(21)36-37/h2-7,14-17H,8-13,18-19H2,1H3,(H,35,38). The van der Waals surface area contributed by atoms with Gasteiger partial charge in [-0.05, 0) is 85.9 Å². The molecule has 0 spiro atoms. The van der Waals surface area contributed by atoms with E-state index in [1.165, 1.54) is 0 Å². The van der Waals surface area contributed by atoms with E-state index in [2.05, 4.69) is 38.2 Å². The molecule has 3 saturated carbocycles. The molecule has 1 heterocycles. The van der Waals surface area contributed by atoms with Crippen LogP contribution < -0.4 is 14.8 Å². The van der Waals surface area contributed by atoms with E-state index in [0.717, 1.165) is 71.6 Å². The Morgan fingerprint density at radius 1 is 1.00 bits per heavy atom. The number of benzene rings is 3. The molecule has 1 N–H and O–H groups in total. The molecule has 0 radical (unpaired) electrons. The van der Waals surface area contributed by atoms with Gasteiger partial charge in [-0.1, -0.05) is 34.1 Å². The lowest BCUT2D eigenvalue weighted by atomic mass is 9.57. The zero-order chi connectivity index (χ0) is 27.9. The number of methoxy groups -OCH3 is 1. The third-order valence-electron chi connectivity index (χ3n) is 8.74. The number of fused-ring (bicyclic) bond motifs is 4. The van der Waals surface area contributed by atoms with Crippen molar-refractivity contribution in [3.8, 4) is 11.5 Å². The maximum Gasteiger partial charge on any atom is 0.251 e. The third-order valence-corrected chi connectivity index (χ3v) is 9.24. The van der Waals surface area contributed by atoms with E-state index in [9.17, 15) is 13.6 Å².